The molecule has 2 heterocycles. The molecule has 2 atom stereocenters. The largest absolute Gasteiger partial charge is 0.374 e. The Bertz CT molecular complexity index is 605. The van der Waals surface area contributed by atoms with Crippen LogP contribution in [0.25, 0.3) is 0 Å². The number of carbonyl (C=O) groups excluding carboxylic acids is 1. The van der Waals surface area contributed by atoms with E-state index >= 15 is 0 Å². The highest BCUT2D eigenvalue weighted by atomic mass is 16.5. The Kier molecular flexibility index (Phi) is 5.66. The minimum atomic E-state index is -0.685. The molecule has 1 amide bonds. The molecule has 0 aromatic carbocycles. The normalized spacial score (nSPS) is 25.0. The molecule has 0 unspecified atom stereocenters. The number of hydrogen-bond donors (Lipinski definition) is 1. The van der Waals surface area contributed by atoms with Crippen molar-refractivity contribution < 1.29 is 9.53 Å². The molecule has 2 fully saturated rings. The fraction of sp³-hybridized carbons (Fsp3) is 0.765. The highest BCUT2D eigenvalue weighted by Crippen LogP contribution is 2.27. The number of aromatic nitrogens is 3. The first kappa shape index (κ1) is 17.8. The molecule has 1 aliphatic heterocycles. The fourth-order valence-electron chi connectivity index (χ4n) is 3.67. The monoisotopic (exact) mass is 346 g/mol. The van der Waals surface area contributed by atoms with Gasteiger partial charge in [-0.15, -0.1) is 0 Å². The molecule has 0 bridgehead atoms. The average molecular weight is 346 g/mol. The molecule has 1 saturated carbocycles. The molecule has 1 saturated heterocycles. The number of nitrogens with one attached hydrogen (secondary N) is 1. The van der Waals surface area contributed by atoms with Crippen molar-refractivity contribution in [1.29, 1.82) is 5.26 Å². The number of rotatable bonds is 5. The van der Waals surface area contributed by atoms with Crippen LogP contribution in [0.3, 0.4) is 0 Å². The Hall–Kier alpha value is -1.98. The van der Waals surface area contributed by atoms with E-state index in [0.29, 0.717) is 26.2 Å². The summed E-state index contributed by atoms with van der Waals surface area (Å²) < 4.78 is 7.53. The van der Waals surface area contributed by atoms with Crippen molar-refractivity contribution in [3.63, 3.8) is 0 Å². The van der Waals surface area contributed by atoms with Gasteiger partial charge in [0.25, 0.3) is 0 Å². The summed E-state index contributed by atoms with van der Waals surface area (Å²) in [6, 6.07) is 2.07. The maximum absolute atomic E-state index is 12.7. The SMILES string of the molecule is C[C@@H](C(=O)NC1(C#N)CCCCC1)N1CCO[C@H](Cn2cncn2)C1. The van der Waals surface area contributed by atoms with Gasteiger partial charge in [0.15, 0.2) is 0 Å². The van der Waals surface area contributed by atoms with Crippen LogP contribution in [0.4, 0.5) is 0 Å². The van der Waals surface area contributed by atoms with Crippen molar-refractivity contribution in [2.45, 2.75) is 63.3 Å². The van der Waals surface area contributed by atoms with Gasteiger partial charge in [-0.1, -0.05) is 19.3 Å². The summed E-state index contributed by atoms with van der Waals surface area (Å²) >= 11 is 0. The topological polar surface area (TPSA) is 96.1 Å². The molecule has 8 heteroatoms. The van der Waals surface area contributed by atoms with E-state index in [9.17, 15) is 10.1 Å². The van der Waals surface area contributed by atoms with Gasteiger partial charge < -0.3 is 10.1 Å². The zero-order chi connectivity index (χ0) is 17.7. The Morgan fingerprint density at radius 1 is 1.48 bits per heavy atom. The van der Waals surface area contributed by atoms with Gasteiger partial charge in [-0.25, -0.2) is 4.98 Å². The summed E-state index contributed by atoms with van der Waals surface area (Å²) in [7, 11) is 0. The summed E-state index contributed by atoms with van der Waals surface area (Å²) in [6.45, 7) is 4.48. The van der Waals surface area contributed by atoms with E-state index in [4.69, 9.17) is 4.74 Å². The molecule has 0 radical (unpaired) electrons. The van der Waals surface area contributed by atoms with Crippen molar-refractivity contribution in [3.8, 4) is 6.07 Å². The van der Waals surface area contributed by atoms with Gasteiger partial charge in [0, 0.05) is 13.1 Å². The van der Waals surface area contributed by atoms with Crippen molar-refractivity contribution in [1.82, 2.24) is 25.0 Å². The lowest BCUT2D eigenvalue weighted by molar-refractivity contribution is -0.131. The molecular weight excluding hydrogens is 320 g/mol. The van der Waals surface area contributed by atoms with Gasteiger partial charge in [-0.3, -0.25) is 14.4 Å². The van der Waals surface area contributed by atoms with E-state index in [1.807, 2.05) is 6.92 Å². The van der Waals surface area contributed by atoms with E-state index in [2.05, 4.69) is 26.4 Å². The number of ether oxygens (including phenoxy) is 1. The van der Waals surface area contributed by atoms with Gasteiger partial charge in [-0.2, -0.15) is 10.4 Å². The fourth-order valence-corrected chi connectivity index (χ4v) is 3.67. The highest BCUT2D eigenvalue weighted by molar-refractivity contribution is 5.82. The number of carbonyl (C=O) groups is 1. The predicted octanol–water partition coefficient (Wildman–Crippen LogP) is 0.710. The van der Waals surface area contributed by atoms with Gasteiger partial charge >= 0.3 is 0 Å². The number of nitrogens with zero attached hydrogens (tertiary/aromatic N) is 5. The maximum atomic E-state index is 12.7. The second-order valence-corrected chi connectivity index (χ2v) is 7.03. The number of nitriles is 1. The molecule has 1 aromatic heterocycles. The summed E-state index contributed by atoms with van der Waals surface area (Å²) in [6.07, 6.45) is 7.78. The van der Waals surface area contributed by atoms with Gasteiger partial charge in [0.1, 0.15) is 18.2 Å². The third kappa shape index (κ3) is 4.35. The van der Waals surface area contributed by atoms with Crippen LogP contribution in [-0.2, 0) is 16.1 Å². The quantitative estimate of drug-likeness (QED) is 0.843. The molecule has 1 aliphatic carbocycles. The van der Waals surface area contributed by atoms with Crippen LogP contribution in [0.15, 0.2) is 12.7 Å². The van der Waals surface area contributed by atoms with Crippen LogP contribution in [-0.4, -0.2) is 63.0 Å². The zero-order valence-corrected chi connectivity index (χ0v) is 14.7. The molecule has 8 nitrogen and oxygen atoms in total. The first-order valence-corrected chi connectivity index (χ1v) is 9.03. The second-order valence-electron chi connectivity index (χ2n) is 7.03. The third-order valence-corrected chi connectivity index (χ3v) is 5.24. The Labute approximate surface area is 148 Å². The van der Waals surface area contributed by atoms with Crippen LogP contribution in [0.2, 0.25) is 0 Å². The number of amides is 1. The minimum absolute atomic E-state index is 0.0229. The molecule has 1 aromatic rings. The lowest BCUT2D eigenvalue weighted by Crippen LogP contribution is -2.57. The molecular formula is C17H26N6O2. The molecule has 2 aliphatic rings. The second kappa shape index (κ2) is 7.93. The predicted molar refractivity (Wildman–Crippen MR) is 90.4 cm³/mol. The van der Waals surface area contributed by atoms with E-state index in [1.165, 1.54) is 6.33 Å². The van der Waals surface area contributed by atoms with Crippen molar-refractivity contribution in [2.24, 2.45) is 0 Å². The molecule has 1 N–H and O–H groups in total. The third-order valence-electron chi connectivity index (χ3n) is 5.24. The summed E-state index contributed by atoms with van der Waals surface area (Å²) in [5.74, 6) is -0.0649. The first-order chi connectivity index (χ1) is 12.1. The van der Waals surface area contributed by atoms with Crippen LogP contribution >= 0.6 is 0 Å². The lowest BCUT2D eigenvalue weighted by Gasteiger charge is -2.38. The van der Waals surface area contributed by atoms with Gasteiger partial charge in [-0.05, 0) is 19.8 Å². The molecule has 25 heavy (non-hydrogen) atoms. The molecule has 0 spiro atoms. The lowest BCUT2D eigenvalue weighted by atomic mass is 9.82. The Morgan fingerprint density at radius 2 is 2.28 bits per heavy atom. The first-order valence-electron chi connectivity index (χ1n) is 9.03. The minimum Gasteiger partial charge on any atom is -0.374 e. The summed E-state index contributed by atoms with van der Waals surface area (Å²) in [5, 5.41) is 16.7. The smallest absolute Gasteiger partial charge is 0.238 e. The number of hydrogen-bond acceptors (Lipinski definition) is 6. The Balaban J connectivity index is 1.56. The van der Waals surface area contributed by atoms with Crippen molar-refractivity contribution in [2.75, 3.05) is 19.7 Å². The standard InChI is InChI=1S/C17H26N6O2/c1-14(16(24)21-17(11-18)5-3-2-4-6-17)22-7-8-25-15(9-22)10-23-13-19-12-20-23/h12-15H,2-10H2,1H3,(H,21,24)/t14-,15-/m0/s1. The van der Waals surface area contributed by atoms with E-state index in [-0.39, 0.29) is 18.1 Å². The van der Waals surface area contributed by atoms with E-state index in [0.717, 1.165) is 32.1 Å². The zero-order valence-electron chi connectivity index (χ0n) is 14.7. The summed E-state index contributed by atoms with van der Waals surface area (Å²) in [5.41, 5.74) is -0.685. The highest BCUT2D eigenvalue weighted by Gasteiger charge is 2.36. The van der Waals surface area contributed by atoms with Crippen LogP contribution < -0.4 is 5.32 Å². The van der Waals surface area contributed by atoms with Crippen molar-refractivity contribution in [3.05, 3.63) is 12.7 Å². The molecule has 3 rings (SSSR count). The summed E-state index contributed by atoms with van der Waals surface area (Å²) in [4.78, 5) is 18.8. The van der Waals surface area contributed by atoms with E-state index < -0.39 is 5.54 Å². The van der Waals surface area contributed by atoms with Crippen LogP contribution in [0, 0.1) is 11.3 Å². The van der Waals surface area contributed by atoms with E-state index in [1.54, 1.807) is 11.0 Å². The van der Waals surface area contributed by atoms with Gasteiger partial charge in [0.05, 0.1) is 31.4 Å². The Morgan fingerprint density at radius 3 is 2.96 bits per heavy atom. The van der Waals surface area contributed by atoms with Crippen LogP contribution in [0.5, 0.6) is 0 Å². The molecule has 136 valence electrons. The maximum Gasteiger partial charge on any atom is 0.238 e. The van der Waals surface area contributed by atoms with Gasteiger partial charge in [0.2, 0.25) is 5.91 Å². The van der Waals surface area contributed by atoms with Crippen molar-refractivity contribution >= 4 is 5.91 Å². The number of morpholine rings is 1. The average Bonchev–Trinajstić information content (AvgIpc) is 3.15. The van der Waals surface area contributed by atoms with Crippen LogP contribution in [0.1, 0.15) is 39.0 Å².